The van der Waals surface area contributed by atoms with Crippen LogP contribution in [0.5, 0.6) is 0 Å². The molecule has 7 nitrogen and oxygen atoms in total. The molecule has 0 aromatic heterocycles. The van der Waals surface area contributed by atoms with E-state index in [0.717, 1.165) is 50.2 Å². The second-order valence-electron chi connectivity index (χ2n) is 7.44. The van der Waals surface area contributed by atoms with Gasteiger partial charge in [0.1, 0.15) is 11.8 Å². The number of nitriles is 1. The molecular formula is C21H21ClF3N3O4. The molecule has 3 rings (SSSR count). The Labute approximate surface area is 188 Å². The number of likely N-dealkylation sites (N-methyl/N-ethyl adjacent to an activating group) is 1. The van der Waals surface area contributed by atoms with Gasteiger partial charge in [0.05, 0.1) is 22.6 Å². The fourth-order valence-electron chi connectivity index (χ4n) is 4.09. The van der Waals surface area contributed by atoms with Gasteiger partial charge in [-0.2, -0.15) is 18.4 Å². The average Bonchev–Trinajstić information content (AvgIpc) is 3.21. The van der Waals surface area contributed by atoms with Crippen LogP contribution in [0.3, 0.4) is 0 Å². The van der Waals surface area contributed by atoms with E-state index in [1.165, 1.54) is 11.9 Å². The lowest BCUT2D eigenvalue weighted by Crippen LogP contribution is -2.38. The number of benzene rings is 1. The summed E-state index contributed by atoms with van der Waals surface area (Å²) in [6.07, 6.45) is -2.73. The normalized spacial score (nSPS) is 19.6. The molecule has 0 amide bonds. The standard InChI is InChI=1S/C21H20F3N3O4.ClH/c1-26-14(10-25)17(19(28)29)16(12-4-6-13(7-5-12)21(22,23)24)18(20(30)31)15(26)11-27-8-2-3-9-27;/h4-7,16H,2-3,8-9,11H2,1H3,(H,28,29)(H,30,31);1H. The van der Waals surface area contributed by atoms with Crippen LogP contribution in [-0.4, -0.2) is 58.6 Å². The van der Waals surface area contributed by atoms with Gasteiger partial charge in [-0.3, -0.25) is 4.90 Å². The highest BCUT2D eigenvalue weighted by Gasteiger charge is 2.42. The average molecular weight is 472 g/mol. The van der Waals surface area contributed by atoms with Crippen molar-refractivity contribution in [3.63, 3.8) is 0 Å². The monoisotopic (exact) mass is 471 g/mol. The van der Waals surface area contributed by atoms with Crippen molar-refractivity contribution in [2.75, 3.05) is 26.7 Å². The second kappa shape index (κ2) is 9.63. The molecule has 11 heteroatoms. The predicted octanol–water partition coefficient (Wildman–Crippen LogP) is 3.45. The Morgan fingerprint density at radius 1 is 1.09 bits per heavy atom. The Balaban J connectivity index is 0.00000363. The lowest BCUT2D eigenvalue weighted by Gasteiger charge is -2.36. The molecule has 1 saturated heterocycles. The van der Waals surface area contributed by atoms with Crippen molar-refractivity contribution >= 4 is 24.3 Å². The van der Waals surface area contributed by atoms with Gasteiger partial charge in [0.2, 0.25) is 0 Å². The second-order valence-corrected chi connectivity index (χ2v) is 7.44. The Hall–Kier alpha value is -3.03. The van der Waals surface area contributed by atoms with E-state index >= 15 is 0 Å². The number of alkyl halides is 3. The molecule has 172 valence electrons. The minimum Gasteiger partial charge on any atom is -0.478 e. The molecule has 0 saturated carbocycles. The number of rotatable bonds is 5. The first-order valence-corrected chi connectivity index (χ1v) is 9.53. The lowest BCUT2D eigenvalue weighted by atomic mass is 9.79. The number of allylic oxidation sites excluding steroid dienone is 1. The summed E-state index contributed by atoms with van der Waals surface area (Å²) in [4.78, 5) is 27.6. The summed E-state index contributed by atoms with van der Waals surface area (Å²) in [5.41, 5.74) is -1.61. The highest BCUT2D eigenvalue weighted by atomic mass is 35.5. The maximum absolute atomic E-state index is 13.0. The van der Waals surface area contributed by atoms with Crippen LogP contribution in [0.1, 0.15) is 29.9 Å². The van der Waals surface area contributed by atoms with Crippen molar-refractivity contribution in [1.29, 1.82) is 5.26 Å². The van der Waals surface area contributed by atoms with E-state index in [4.69, 9.17) is 0 Å². The zero-order chi connectivity index (χ0) is 22.9. The Kier molecular flexibility index (Phi) is 7.59. The topological polar surface area (TPSA) is 105 Å². The number of likely N-dealkylation sites (tertiary alicyclic amines) is 1. The first kappa shape index (κ1) is 25.2. The van der Waals surface area contributed by atoms with Gasteiger partial charge in [-0.1, -0.05) is 12.1 Å². The minimum absolute atomic E-state index is 0. The number of aliphatic carboxylic acids is 2. The van der Waals surface area contributed by atoms with Gasteiger partial charge >= 0.3 is 18.1 Å². The maximum atomic E-state index is 13.0. The highest BCUT2D eigenvalue weighted by molar-refractivity contribution is 5.99. The first-order valence-electron chi connectivity index (χ1n) is 9.53. The fraction of sp³-hybridized carbons (Fsp3) is 0.381. The van der Waals surface area contributed by atoms with Gasteiger partial charge in [0.15, 0.2) is 0 Å². The number of hydrogen-bond acceptors (Lipinski definition) is 5. The lowest BCUT2D eigenvalue weighted by molar-refractivity contribution is -0.138. The van der Waals surface area contributed by atoms with Crippen LogP contribution in [0.15, 0.2) is 46.8 Å². The number of nitrogens with zero attached hydrogens (tertiary/aromatic N) is 3. The summed E-state index contributed by atoms with van der Waals surface area (Å²) >= 11 is 0. The largest absolute Gasteiger partial charge is 0.478 e. The SMILES string of the molecule is CN1C(C#N)=C(C(=O)O)C(c2ccc(C(F)(F)F)cc2)C(C(=O)O)=C1CN1CCCC1.Cl. The molecular weight excluding hydrogens is 451 g/mol. The molecule has 0 radical (unpaired) electrons. The summed E-state index contributed by atoms with van der Waals surface area (Å²) < 4.78 is 38.9. The van der Waals surface area contributed by atoms with Gasteiger partial charge < -0.3 is 15.1 Å². The highest BCUT2D eigenvalue weighted by Crippen LogP contribution is 2.42. The summed E-state index contributed by atoms with van der Waals surface area (Å²) in [7, 11) is 1.43. The number of carboxylic acid groups (broad SMARTS) is 2. The van der Waals surface area contributed by atoms with E-state index in [0.29, 0.717) is 0 Å². The predicted molar refractivity (Wildman–Crippen MR) is 110 cm³/mol. The zero-order valence-corrected chi connectivity index (χ0v) is 17.8. The Bertz CT molecular complexity index is 1010. The minimum atomic E-state index is -4.60. The fourth-order valence-corrected chi connectivity index (χ4v) is 4.09. The van der Waals surface area contributed by atoms with E-state index in [9.17, 15) is 38.2 Å². The Morgan fingerprint density at radius 3 is 2.06 bits per heavy atom. The summed E-state index contributed by atoms with van der Waals surface area (Å²) in [6, 6.07) is 5.51. The molecule has 0 spiro atoms. The van der Waals surface area contributed by atoms with Crippen molar-refractivity contribution in [3.8, 4) is 6.07 Å². The molecule has 2 heterocycles. The molecule has 32 heavy (non-hydrogen) atoms. The van der Waals surface area contributed by atoms with E-state index in [1.54, 1.807) is 0 Å². The van der Waals surface area contributed by atoms with Crippen molar-refractivity contribution in [2.24, 2.45) is 0 Å². The Morgan fingerprint density at radius 2 is 1.62 bits per heavy atom. The maximum Gasteiger partial charge on any atom is 0.416 e. The van der Waals surface area contributed by atoms with Gasteiger partial charge in [0.25, 0.3) is 0 Å². The first-order chi connectivity index (χ1) is 14.6. The molecule has 1 unspecified atom stereocenters. The number of carboxylic acids is 2. The van der Waals surface area contributed by atoms with Crippen LogP contribution in [0, 0.1) is 11.3 Å². The molecule has 1 fully saturated rings. The number of halogens is 4. The smallest absolute Gasteiger partial charge is 0.416 e. The quantitative estimate of drug-likeness (QED) is 0.677. The molecule has 2 N–H and O–H groups in total. The van der Waals surface area contributed by atoms with Crippen molar-refractivity contribution < 1.29 is 33.0 Å². The van der Waals surface area contributed by atoms with Crippen LogP contribution in [0.4, 0.5) is 13.2 Å². The van der Waals surface area contributed by atoms with Crippen LogP contribution in [0.25, 0.3) is 0 Å². The molecule has 2 aliphatic heterocycles. The van der Waals surface area contributed by atoms with Gasteiger partial charge in [-0.15, -0.1) is 12.4 Å². The van der Waals surface area contributed by atoms with Crippen molar-refractivity contribution in [2.45, 2.75) is 24.9 Å². The molecule has 1 atom stereocenters. The third kappa shape index (κ3) is 4.74. The van der Waals surface area contributed by atoms with Gasteiger partial charge in [-0.05, 0) is 43.6 Å². The van der Waals surface area contributed by atoms with Crippen molar-refractivity contribution in [3.05, 3.63) is 57.9 Å². The van der Waals surface area contributed by atoms with Gasteiger partial charge in [0, 0.05) is 19.3 Å². The number of hydrogen-bond donors (Lipinski definition) is 2. The summed E-state index contributed by atoms with van der Waals surface area (Å²) in [6.45, 7) is 1.65. The molecule has 0 aliphatic carbocycles. The van der Waals surface area contributed by atoms with Crippen LogP contribution in [-0.2, 0) is 15.8 Å². The summed E-state index contributed by atoms with van der Waals surface area (Å²) in [5, 5.41) is 29.4. The van der Waals surface area contributed by atoms with E-state index in [1.807, 2.05) is 11.0 Å². The van der Waals surface area contributed by atoms with Crippen LogP contribution >= 0.6 is 12.4 Å². The molecule has 1 aromatic rings. The van der Waals surface area contributed by atoms with E-state index in [2.05, 4.69) is 0 Å². The van der Waals surface area contributed by atoms with Crippen LogP contribution < -0.4 is 0 Å². The van der Waals surface area contributed by atoms with E-state index in [-0.39, 0.29) is 41.5 Å². The van der Waals surface area contributed by atoms with Crippen LogP contribution in [0.2, 0.25) is 0 Å². The van der Waals surface area contributed by atoms with Crippen molar-refractivity contribution in [1.82, 2.24) is 9.80 Å². The third-order valence-corrected chi connectivity index (χ3v) is 5.59. The van der Waals surface area contributed by atoms with Gasteiger partial charge in [-0.25, -0.2) is 9.59 Å². The molecule has 1 aromatic carbocycles. The third-order valence-electron chi connectivity index (χ3n) is 5.59. The number of carbonyl (C=O) groups is 2. The molecule has 2 aliphatic rings. The molecule has 0 bridgehead atoms. The summed E-state index contributed by atoms with van der Waals surface area (Å²) in [5.74, 6) is -4.28. The van der Waals surface area contributed by atoms with E-state index < -0.39 is 35.2 Å². The zero-order valence-electron chi connectivity index (χ0n) is 17.0.